The molecule has 0 aromatic heterocycles. The van der Waals surface area contributed by atoms with Crippen molar-refractivity contribution in [1.29, 1.82) is 0 Å². The Morgan fingerprint density at radius 2 is 1.32 bits per heavy atom. The van der Waals surface area contributed by atoms with Crippen LogP contribution < -0.4 is 4.43 Å². The lowest BCUT2D eigenvalue weighted by Crippen LogP contribution is -2.51. The van der Waals surface area contributed by atoms with Crippen molar-refractivity contribution in [3.8, 4) is 5.75 Å². The largest absolute Gasteiger partial charge is 0.542 e. The molecule has 0 spiro atoms. The summed E-state index contributed by atoms with van der Waals surface area (Å²) in [5.41, 5.74) is 4.69. The van der Waals surface area contributed by atoms with Crippen LogP contribution in [0.5, 0.6) is 5.75 Å². The zero-order valence-corrected chi connectivity index (χ0v) is 26.1. The molecule has 1 aliphatic heterocycles. The lowest BCUT2D eigenvalue weighted by Gasteiger charge is -2.43. The van der Waals surface area contributed by atoms with E-state index in [0.29, 0.717) is 34.5 Å². The summed E-state index contributed by atoms with van der Waals surface area (Å²) >= 11 is 6.03. The van der Waals surface area contributed by atoms with E-state index in [1.807, 2.05) is 24.3 Å². The van der Waals surface area contributed by atoms with Crippen LogP contribution in [-0.2, 0) is 5.60 Å². The summed E-state index contributed by atoms with van der Waals surface area (Å²) in [7, 11) is -2.07. The first-order chi connectivity index (χ1) is 17.2. The first-order valence-electron chi connectivity index (χ1n) is 13.9. The summed E-state index contributed by atoms with van der Waals surface area (Å²) in [6, 6.07) is 11.7. The molecule has 37 heavy (non-hydrogen) atoms. The molecule has 1 aliphatic rings. The number of aliphatic hydroxyl groups is 2. The van der Waals surface area contributed by atoms with Gasteiger partial charge in [-0.15, -0.1) is 0 Å². The smallest absolute Gasteiger partial charge is 0.258 e. The number of nitrogens with zero attached hydrogens (tertiary/aromatic N) is 1. The Morgan fingerprint density at radius 1 is 0.865 bits per heavy atom. The van der Waals surface area contributed by atoms with E-state index in [0.717, 1.165) is 41.1 Å². The van der Waals surface area contributed by atoms with Crippen LogP contribution in [0, 0.1) is 13.8 Å². The molecule has 2 N–H and O–H groups in total. The summed E-state index contributed by atoms with van der Waals surface area (Å²) in [5.74, 6) is 0.998. The maximum absolute atomic E-state index is 11.4. The Morgan fingerprint density at radius 3 is 1.76 bits per heavy atom. The van der Waals surface area contributed by atoms with Gasteiger partial charge in [0.15, 0.2) is 0 Å². The maximum Gasteiger partial charge on any atom is 0.258 e. The summed E-state index contributed by atoms with van der Waals surface area (Å²) < 4.78 is 7.04. The van der Waals surface area contributed by atoms with Gasteiger partial charge in [0, 0.05) is 24.2 Å². The fraction of sp³-hybridized carbons (Fsp3) is 0.613. The highest BCUT2D eigenvalue weighted by molar-refractivity contribution is 6.78. The van der Waals surface area contributed by atoms with Crippen LogP contribution in [0.4, 0.5) is 0 Å². The fourth-order valence-electron chi connectivity index (χ4n) is 6.67. The molecule has 206 valence electrons. The Bertz CT molecular complexity index is 1000. The number of aliphatic hydroxyl groups excluding tert-OH is 1. The average molecular weight is 546 g/mol. The molecular formula is C31H48ClNO3Si. The van der Waals surface area contributed by atoms with Gasteiger partial charge in [0.2, 0.25) is 0 Å². The molecule has 2 aromatic carbocycles. The zero-order valence-electron chi connectivity index (χ0n) is 24.3. The lowest BCUT2D eigenvalue weighted by molar-refractivity contribution is -0.0501. The number of halogens is 1. The van der Waals surface area contributed by atoms with Gasteiger partial charge >= 0.3 is 0 Å². The van der Waals surface area contributed by atoms with E-state index < -0.39 is 20.0 Å². The third-order valence-corrected chi connectivity index (χ3v) is 15.1. The highest BCUT2D eigenvalue weighted by Gasteiger charge is 2.47. The maximum atomic E-state index is 11.4. The monoisotopic (exact) mass is 545 g/mol. The Hall–Kier alpha value is -1.37. The Labute approximate surface area is 231 Å². The Kier molecular flexibility index (Phi) is 9.61. The molecule has 0 aliphatic carbocycles. The van der Waals surface area contributed by atoms with E-state index in [4.69, 9.17) is 16.0 Å². The van der Waals surface area contributed by atoms with Crippen molar-refractivity contribution in [2.75, 3.05) is 13.1 Å². The number of likely N-dealkylation sites (tertiary alicyclic amines) is 1. The normalized spacial score (nSPS) is 18.5. The van der Waals surface area contributed by atoms with E-state index in [1.54, 1.807) is 0 Å². The second kappa shape index (κ2) is 11.8. The molecule has 0 amide bonds. The number of hydrogen-bond acceptors (Lipinski definition) is 4. The first kappa shape index (κ1) is 30.2. The van der Waals surface area contributed by atoms with Gasteiger partial charge in [-0.1, -0.05) is 65.3 Å². The van der Waals surface area contributed by atoms with Gasteiger partial charge in [-0.3, -0.25) is 4.90 Å². The first-order valence-corrected chi connectivity index (χ1v) is 16.5. The molecule has 0 radical (unpaired) electrons. The number of rotatable bonds is 9. The van der Waals surface area contributed by atoms with E-state index in [9.17, 15) is 10.2 Å². The molecule has 1 fully saturated rings. The second-order valence-electron chi connectivity index (χ2n) is 12.2. The third-order valence-electron chi connectivity index (χ3n) is 8.85. The Balaban J connectivity index is 1.76. The summed E-state index contributed by atoms with van der Waals surface area (Å²) in [6.45, 7) is 21.6. The van der Waals surface area contributed by atoms with Gasteiger partial charge in [0.05, 0.1) is 11.7 Å². The van der Waals surface area contributed by atoms with Crippen molar-refractivity contribution in [1.82, 2.24) is 4.90 Å². The van der Waals surface area contributed by atoms with Gasteiger partial charge in [-0.2, -0.15) is 0 Å². The number of aryl methyl sites for hydroxylation is 2. The zero-order chi connectivity index (χ0) is 27.7. The molecule has 4 nitrogen and oxygen atoms in total. The number of piperidine rings is 1. The van der Waals surface area contributed by atoms with E-state index in [-0.39, 0.29) is 6.04 Å². The van der Waals surface area contributed by atoms with Crippen molar-refractivity contribution in [3.63, 3.8) is 0 Å². The van der Waals surface area contributed by atoms with Gasteiger partial charge in [-0.05, 0) is 96.8 Å². The van der Waals surface area contributed by atoms with Crippen LogP contribution in [0.3, 0.4) is 0 Å². The lowest BCUT2D eigenvalue weighted by atomic mass is 9.83. The molecule has 1 heterocycles. The molecule has 1 saturated heterocycles. The third kappa shape index (κ3) is 6.12. The average Bonchev–Trinajstić information content (AvgIpc) is 2.82. The minimum absolute atomic E-state index is 0.0595. The molecule has 0 bridgehead atoms. The van der Waals surface area contributed by atoms with Crippen LogP contribution in [-0.4, -0.2) is 42.6 Å². The van der Waals surface area contributed by atoms with Gasteiger partial charge in [-0.25, -0.2) is 0 Å². The number of benzene rings is 2. The van der Waals surface area contributed by atoms with Crippen LogP contribution in [0.1, 0.15) is 89.7 Å². The van der Waals surface area contributed by atoms with Gasteiger partial charge in [0.1, 0.15) is 5.75 Å². The quantitative estimate of drug-likeness (QED) is 0.314. The van der Waals surface area contributed by atoms with Crippen LogP contribution in [0.25, 0.3) is 0 Å². The molecule has 2 aromatic rings. The molecule has 0 saturated carbocycles. The van der Waals surface area contributed by atoms with Crippen molar-refractivity contribution in [2.24, 2.45) is 0 Å². The minimum Gasteiger partial charge on any atom is -0.542 e. The minimum atomic E-state index is -2.07. The van der Waals surface area contributed by atoms with E-state index >= 15 is 0 Å². The van der Waals surface area contributed by atoms with Crippen LogP contribution in [0.2, 0.25) is 21.6 Å². The van der Waals surface area contributed by atoms with Gasteiger partial charge < -0.3 is 14.6 Å². The van der Waals surface area contributed by atoms with Crippen molar-refractivity contribution in [2.45, 2.75) is 110 Å². The van der Waals surface area contributed by atoms with Crippen molar-refractivity contribution < 1.29 is 14.6 Å². The standard InChI is InChI=1S/C31H48ClNO3Si/c1-20(2)37(21(3)4,22(5)6)36-30-23(7)18-26(19-24(30)8)29(34)25(9)33-16-14-31(35,15-17-33)27-10-12-28(32)13-11-27/h10-13,18-22,25,29,34-35H,14-17H2,1-9H3/t25-,29?/m1/s1. The number of hydrogen-bond donors (Lipinski definition) is 2. The molecule has 3 rings (SSSR count). The highest BCUT2D eigenvalue weighted by atomic mass is 35.5. The predicted molar refractivity (Wildman–Crippen MR) is 158 cm³/mol. The van der Waals surface area contributed by atoms with Crippen molar-refractivity contribution >= 4 is 19.9 Å². The summed E-state index contributed by atoms with van der Waals surface area (Å²) in [6.07, 6.45) is 0.640. The van der Waals surface area contributed by atoms with Crippen LogP contribution >= 0.6 is 11.6 Å². The topological polar surface area (TPSA) is 52.9 Å². The highest BCUT2D eigenvalue weighted by Crippen LogP contribution is 2.45. The summed E-state index contributed by atoms with van der Waals surface area (Å²) in [4.78, 5) is 2.29. The summed E-state index contributed by atoms with van der Waals surface area (Å²) in [5, 5.41) is 23.3. The van der Waals surface area contributed by atoms with E-state index in [1.165, 1.54) is 0 Å². The second-order valence-corrected chi connectivity index (χ2v) is 18.0. The SMILES string of the molecule is Cc1cc(C(O)[C@@H](C)N2CCC(O)(c3ccc(Cl)cc3)CC2)cc(C)c1O[Si](C(C)C)(C(C)C)C(C)C. The predicted octanol–water partition coefficient (Wildman–Crippen LogP) is 7.92. The molecular weight excluding hydrogens is 498 g/mol. The van der Waals surface area contributed by atoms with Gasteiger partial charge in [0.25, 0.3) is 8.32 Å². The molecule has 6 heteroatoms. The molecule has 1 unspecified atom stereocenters. The van der Waals surface area contributed by atoms with Crippen molar-refractivity contribution in [3.05, 3.63) is 63.7 Å². The van der Waals surface area contributed by atoms with E-state index in [2.05, 4.69) is 79.3 Å². The molecule has 2 atom stereocenters. The fourth-order valence-corrected chi connectivity index (χ4v) is 12.2. The van der Waals surface area contributed by atoms with Crippen LogP contribution in [0.15, 0.2) is 36.4 Å².